The predicted octanol–water partition coefficient (Wildman–Crippen LogP) is 1.14. The number of halogens is 2. The summed E-state index contributed by atoms with van der Waals surface area (Å²) in [6, 6.07) is 1.43. The molecule has 0 aromatic carbocycles. The second-order valence-electron chi connectivity index (χ2n) is 3.85. The maximum atomic E-state index is 12.3. The van der Waals surface area contributed by atoms with E-state index in [-0.39, 0.29) is 17.3 Å². The van der Waals surface area contributed by atoms with Crippen LogP contribution in [-0.4, -0.2) is 43.9 Å². The van der Waals surface area contributed by atoms with Crippen LogP contribution in [0.5, 0.6) is 0 Å². The number of nitrogens with zero attached hydrogens (tertiary/aromatic N) is 2. The zero-order valence-corrected chi connectivity index (χ0v) is 12.1. The Morgan fingerprint density at radius 2 is 2.06 bits per heavy atom. The molecule has 5 nitrogen and oxygen atoms in total. The van der Waals surface area contributed by atoms with E-state index in [9.17, 15) is 8.42 Å². The number of sulfonamides is 1. The highest BCUT2D eigenvalue weighted by molar-refractivity contribution is 7.89. The average molecular weight is 312 g/mol. The van der Waals surface area contributed by atoms with Gasteiger partial charge in [-0.3, -0.25) is 4.98 Å². The first-order valence-electron chi connectivity index (χ1n) is 5.42. The smallest absolute Gasteiger partial charge is 0.244 e. The lowest BCUT2D eigenvalue weighted by Crippen LogP contribution is -2.34. The van der Waals surface area contributed by atoms with Crippen molar-refractivity contribution in [1.29, 1.82) is 0 Å². The van der Waals surface area contributed by atoms with E-state index in [1.165, 1.54) is 22.8 Å². The van der Waals surface area contributed by atoms with Gasteiger partial charge in [0.2, 0.25) is 10.0 Å². The average Bonchev–Trinajstić information content (AvgIpc) is 2.58. The Balaban J connectivity index is 0.00000162. The van der Waals surface area contributed by atoms with E-state index in [4.69, 9.17) is 11.6 Å². The molecule has 1 saturated heterocycles. The van der Waals surface area contributed by atoms with Gasteiger partial charge in [0.25, 0.3) is 0 Å². The highest BCUT2D eigenvalue weighted by Gasteiger charge is 2.25. The molecule has 0 unspecified atom stereocenters. The fraction of sp³-hybridized carbons (Fsp3) is 0.500. The fourth-order valence-corrected chi connectivity index (χ4v) is 3.45. The summed E-state index contributed by atoms with van der Waals surface area (Å²) in [6.07, 6.45) is 3.57. The summed E-state index contributed by atoms with van der Waals surface area (Å²) < 4.78 is 26.1. The lowest BCUT2D eigenvalue weighted by atomic mass is 10.4. The molecule has 18 heavy (non-hydrogen) atoms. The third-order valence-electron chi connectivity index (χ3n) is 2.62. The van der Waals surface area contributed by atoms with Gasteiger partial charge in [0.1, 0.15) is 4.90 Å². The van der Waals surface area contributed by atoms with Gasteiger partial charge in [-0.25, -0.2) is 8.42 Å². The first-order valence-corrected chi connectivity index (χ1v) is 7.24. The van der Waals surface area contributed by atoms with Crippen LogP contribution in [0.1, 0.15) is 6.42 Å². The standard InChI is InChI=1S/C10H14ClN3O2S.ClH/c11-9-6-10(8-13-7-9)17(15,16)14-4-1-2-12-3-5-14;/h6-8,12H,1-5H2;1H. The van der Waals surface area contributed by atoms with Crippen molar-refractivity contribution in [3.8, 4) is 0 Å². The van der Waals surface area contributed by atoms with E-state index in [1.54, 1.807) is 0 Å². The maximum absolute atomic E-state index is 12.3. The monoisotopic (exact) mass is 311 g/mol. The van der Waals surface area contributed by atoms with Crippen LogP contribution < -0.4 is 5.32 Å². The highest BCUT2D eigenvalue weighted by atomic mass is 35.5. The van der Waals surface area contributed by atoms with Crippen molar-refractivity contribution in [1.82, 2.24) is 14.6 Å². The molecule has 1 aromatic heterocycles. The third kappa shape index (κ3) is 3.55. The van der Waals surface area contributed by atoms with E-state index in [0.29, 0.717) is 24.7 Å². The zero-order valence-electron chi connectivity index (χ0n) is 9.67. The first kappa shape index (κ1) is 15.7. The van der Waals surface area contributed by atoms with Crippen molar-refractivity contribution in [3.05, 3.63) is 23.5 Å². The van der Waals surface area contributed by atoms with Gasteiger partial charge in [0.05, 0.1) is 5.02 Å². The Bertz CT molecular complexity index is 488. The minimum atomic E-state index is -3.46. The van der Waals surface area contributed by atoms with Gasteiger partial charge >= 0.3 is 0 Å². The predicted molar refractivity (Wildman–Crippen MR) is 72.7 cm³/mol. The number of hydrogen-bond donors (Lipinski definition) is 1. The number of pyridine rings is 1. The van der Waals surface area contributed by atoms with Crippen LogP contribution in [0.2, 0.25) is 5.02 Å². The van der Waals surface area contributed by atoms with Gasteiger partial charge in [-0.15, -0.1) is 12.4 Å². The van der Waals surface area contributed by atoms with Crippen LogP contribution in [0.4, 0.5) is 0 Å². The zero-order chi connectivity index (χ0) is 12.3. The van der Waals surface area contributed by atoms with Crippen LogP contribution in [0.25, 0.3) is 0 Å². The molecule has 2 heterocycles. The topological polar surface area (TPSA) is 62.3 Å². The lowest BCUT2D eigenvalue weighted by Gasteiger charge is -2.19. The van der Waals surface area contributed by atoms with E-state index >= 15 is 0 Å². The Morgan fingerprint density at radius 1 is 1.28 bits per heavy atom. The molecule has 0 amide bonds. The Morgan fingerprint density at radius 3 is 2.78 bits per heavy atom. The molecule has 0 spiro atoms. The Labute approximate surface area is 118 Å². The fourth-order valence-electron chi connectivity index (χ4n) is 1.74. The highest BCUT2D eigenvalue weighted by Crippen LogP contribution is 2.18. The molecular formula is C10H15Cl2N3O2S. The maximum Gasteiger partial charge on any atom is 0.244 e. The summed E-state index contributed by atoms with van der Waals surface area (Å²) in [5.74, 6) is 0. The lowest BCUT2D eigenvalue weighted by molar-refractivity contribution is 0.431. The number of rotatable bonds is 2. The SMILES string of the molecule is Cl.O=S(=O)(c1cncc(Cl)c1)N1CCCNCC1. The molecule has 0 atom stereocenters. The molecule has 1 aliphatic heterocycles. The number of aromatic nitrogens is 1. The minimum absolute atomic E-state index is 0. The van der Waals surface area contributed by atoms with Crippen molar-refractivity contribution < 1.29 is 8.42 Å². The molecule has 0 aliphatic carbocycles. The Hall–Kier alpha value is -0.400. The van der Waals surface area contributed by atoms with Gasteiger partial charge in [-0.05, 0) is 19.0 Å². The largest absolute Gasteiger partial charge is 0.315 e. The normalized spacial score (nSPS) is 17.8. The molecule has 1 aliphatic rings. The molecule has 0 radical (unpaired) electrons. The summed E-state index contributed by atoms with van der Waals surface area (Å²) in [4.78, 5) is 3.97. The minimum Gasteiger partial charge on any atom is -0.315 e. The van der Waals surface area contributed by atoms with E-state index in [1.807, 2.05) is 0 Å². The van der Waals surface area contributed by atoms with Crippen LogP contribution in [0, 0.1) is 0 Å². The van der Waals surface area contributed by atoms with Gasteiger partial charge in [0.15, 0.2) is 0 Å². The molecule has 8 heteroatoms. The first-order chi connectivity index (χ1) is 8.10. The van der Waals surface area contributed by atoms with Crippen molar-refractivity contribution >= 4 is 34.0 Å². The second kappa shape index (κ2) is 6.68. The van der Waals surface area contributed by atoms with Crippen molar-refractivity contribution in [2.24, 2.45) is 0 Å². The van der Waals surface area contributed by atoms with Crippen LogP contribution >= 0.6 is 24.0 Å². The Kier molecular flexibility index (Phi) is 5.81. The number of hydrogen-bond acceptors (Lipinski definition) is 4. The summed E-state index contributed by atoms with van der Waals surface area (Å²) in [6.45, 7) is 2.53. The van der Waals surface area contributed by atoms with Gasteiger partial charge in [-0.2, -0.15) is 4.31 Å². The quantitative estimate of drug-likeness (QED) is 0.889. The molecule has 1 fully saturated rings. The van der Waals surface area contributed by atoms with E-state index in [0.717, 1.165) is 13.0 Å². The summed E-state index contributed by atoms with van der Waals surface area (Å²) in [7, 11) is -3.46. The molecule has 102 valence electrons. The molecule has 1 N–H and O–H groups in total. The van der Waals surface area contributed by atoms with Crippen LogP contribution in [-0.2, 0) is 10.0 Å². The van der Waals surface area contributed by atoms with Gasteiger partial charge < -0.3 is 5.32 Å². The van der Waals surface area contributed by atoms with Gasteiger partial charge in [0, 0.05) is 32.0 Å². The number of nitrogens with one attached hydrogen (secondary N) is 1. The molecule has 1 aromatic rings. The molecule has 2 rings (SSSR count). The van der Waals surface area contributed by atoms with Crippen LogP contribution in [0.3, 0.4) is 0 Å². The van der Waals surface area contributed by atoms with E-state index < -0.39 is 10.0 Å². The van der Waals surface area contributed by atoms with Crippen molar-refractivity contribution in [3.63, 3.8) is 0 Å². The third-order valence-corrected chi connectivity index (χ3v) is 4.69. The summed E-state index contributed by atoms with van der Waals surface area (Å²) in [5.41, 5.74) is 0. The summed E-state index contributed by atoms with van der Waals surface area (Å²) >= 11 is 5.76. The molecule has 0 saturated carbocycles. The van der Waals surface area contributed by atoms with Gasteiger partial charge in [-0.1, -0.05) is 11.6 Å². The van der Waals surface area contributed by atoms with Crippen molar-refractivity contribution in [2.45, 2.75) is 11.3 Å². The van der Waals surface area contributed by atoms with Crippen LogP contribution in [0.15, 0.2) is 23.4 Å². The second-order valence-corrected chi connectivity index (χ2v) is 6.22. The molecule has 0 bridgehead atoms. The van der Waals surface area contributed by atoms with E-state index in [2.05, 4.69) is 10.3 Å². The summed E-state index contributed by atoms with van der Waals surface area (Å²) in [5, 5.41) is 3.50. The van der Waals surface area contributed by atoms with Crippen molar-refractivity contribution in [2.75, 3.05) is 26.2 Å². The molecular weight excluding hydrogens is 297 g/mol.